The molecule has 3 heterocycles. The largest absolute Gasteiger partial charge is 0.444 e. The fraction of sp³-hybridized carbons (Fsp3) is 0.600. The quantitative estimate of drug-likeness (QED) is 0.355. The summed E-state index contributed by atoms with van der Waals surface area (Å²) in [5.74, 6) is 1.35. The van der Waals surface area contributed by atoms with E-state index in [9.17, 15) is 13.6 Å². The molecule has 5 rings (SSSR count). The molecule has 2 aromatic heterocycles. The van der Waals surface area contributed by atoms with Gasteiger partial charge in [0.05, 0.1) is 36.3 Å². The van der Waals surface area contributed by atoms with Gasteiger partial charge in [-0.05, 0) is 78.4 Å². The van der Waals surface area contributed by atoms with Gasteiger partial charge >= 0.3 is 6.09 Å². The number of benzene rings is 1. The topological polar surface area (TPSA) is 106 Å². The summed E-state index contributed by atoms with van der Waals surface area (Å²) in [5, 5.41) is 6.38. The third-order valence-electron chi connectivity index (χ3n) is 7.76. The normalized spacial score (nSPS) is 23.3. The van der Waals surface area contributed by atoms with Gasteiger partial charge in [-0.15, -0.1) is 0 Å². The first-order valence-electron chi connectivity index (χ1n) is 14.7. The van der Waals surface area contributed by atoms with Gasteiger partial charge in [0.2, 0.25) is 5.95 Å². The molecular weight excluding hydrogens is 544 g/mol. The molecule has 12 heteroatoms. The lowest BCUT2D eigenvalue weighted by molar-refractivity contribution is 0.0488. The first-order valence-corrected chi connectivity index (χ1v) is 14.7. The van der Waals surface area contributed by atoms with Crippen molar-refractivity contribution in [1.82, 2.24) is 24.8 Å². The van der Waals surface area contributed by atoms with Crippen molar-refractivity contribution in [2.24, 2.45) is 5.92 Å². The number of carbonyl (C=O) groups is 1. The molecule has 2 N–H and O–H groups in total. The lowest BCUT2D eigenvalue weighted by atomic mass is 9.86. The summed E-state index contributed by atoms with van der Waals surface area (Å²) in [4.78, 5) is 28.1. The molecule has 0 spiro atoms. The highest BCUT2D eigenvalue weighted by atomic mass is 19.3. The Bertz CT molecular complexity index is 1370. The van der Waals surface area contributed by atoms with Gasteiger partial charge in [-0.25, -0.2) is 18.6 Å². The summed E-state index contributed by atoms with van der Waals surface area (Å²) >= 11 is 0. The molecule has 1 saturated carbocycles. The molecule has 228 valence electrons. The van der Waals surface area contributed by atoms with Gasteiger partial charge in [-0.3, -0.25) is 4.57 Å². The molecular formula is C30H41F2N7O3. The van der Waals surface area contributed by atoms with Gasteiger partial charge in [-0.2, -0.15) is 9.97 Å². The van der Waals surface area contributed by atoms with Crippen LogP contribution in [-0.4, -0.2) is 69.1 Å². The SMILES string of the molecule is C[C@H]1COC[C@H](C)N1c1cc(-n2c(C(F)F)nc3ccccc32)nc(NCC2CCC(NC(=O)OC(C)(C)C)CC2)n1. The fourth-order valence-corrected chi connectivity index (χ4v) is 5.86. The highest BCUT2D eigenvalue weighted by Crippen LogP contribution is 2.31. The van der Waals surface area contributed by atoms with Crippen molar-refractivity contribution < 1.29 is 23.0 Å². The molecule has 1 saturated heterocycles. The van der Waals surface area contributed by atoms with E-state index in [0.29, 0.717) is 54.3 Å². The predicted octanol–water partition coefficient (Wildman–Crippen LogP) is 5.86. The summed E-state index contributed by atoms with van der Waals surface area (Å²) < 4.78 is 41.0. The number of para-hydroxylation sites is 2. The van der Waals surface area contributed by atoms with E-state index in [1.807, 2.05) is 20.8 Å². The number of nitrogens with zero attached hydrogens (tertiary/aromatic N) is 5. The van der Waals surface area contributed by atoms with Crippen LogP contribution in [0.2, 0.25) is 0 Å². The second-order valence-electron chi connectivity index (χ2n) is 12.4. The Kier molecular flexibility index (Phi) is 8.81. The first-order chi connectivity index (χ1) is 20.0. The highest BCUT2D eigenvalue weighted by molar-refractivity contribution is 5.78. The van der Waals surface area contributed by atoms with Crippen molar-refractivity contribution in [3.8, 4) is 5.82 Å². The Morgan fingerprint density at radius 3 is 2.38 bits per heavy atom. The summed E-state index contributed by atoms with van der Waals surface area (Å²) in [6.45, 7) is 11.4. The van der Waals surface area contributed by atoms with Crippen LogP contribution in [0.15, 0.2) is 30.3 Å². The Morgan fingerprint density at radius 2 is 1.71 bits per heavy atom. The van der Waals surface area contributed by atoms with Crippen LogP contribution in [0, 0.1) is 5.92 Å². The molecule has 1 amide bonds. The number of imidazole rings is 1. The van der Waals surface area contributed by atoms with Gasteiger partial charge in [-0.1, -0.05) is 12.1 Å². The van der Waals surface area contributed by atoms with Gasteiger partial charge in [0.1, 0.15) is 17.2 Å². The van der Waals surface area contributed by atoms with Crippen LogP contribution in [0.4, 0.5) is 25.3 Å². The minimum absolute atomic E-state index is 0.0474. The monoisotopic (exact) mass is 585 g/mol. The Balaban J connectivity index is 1.37. The van der Waals surface area contributed by atoms with E-state index in [1.165, 1.54) is 4.57 Å². The third-order valence-corrected chi connectivity index (χ3v) is 7.76. The minimum Gasteiger partial charge on any atom is -0.444 e. The molecule has 2 atom stereocenters. The molecule has 10 nitrogen and oxygen atoms in total. The van der Waals surface area contributed by atoms with Gasteiger partial charge in [0.15, 0.2) is 5.82 Å². The number of aromatic nitrogens is 4. The Labute approximate surface area is 245 Å². The van der Waals surface area contributed by atoms with Crippen LogP contribution in [0.3, 0.4) is 0 Å². The zero-order valence-corrected chi connectivity index (χ0v) is 24.9. The number of fused-ring (bicyclic) bond motifs is 1. The number of alkyl halides is 2. The number of anilines is 2. The molecule has 0 bridgehead atoms. The van der Waals surface area contributed by atoms with Gasteiger partial charge in [0, 0.05) is 18.7 Å². The van der Waals surface area contributed by atoms with Gasteiger partial charge < -0.3 is 25.0 Å². The average Bonchev–Trinajstić information content (AvgIpc) is 3.32. The highest BCUT2D eigenvalue weighted by Gasteiger charge is 2.30. The number of alkyl carbamates (subject to hydrolysis) is 1. The van der Waals surface area contributed by atoms with E-state index >= 15 is 0 Å². The lowest BCUT2D eigenvalue weighted by Crippen LogP contribution is -2.50. The predicted molar refractivity (Wildman–Crippen MR) is 157 cm³/mol. The van der Waals surface area contributed by atoms with E-state index in [1.54, 1.807) is 30.3 Å². The second-order valence-corrected chi connectivity index (χ2v) is 12.4. The van der Waals surface area contributed by atoms with E-state index in [-0.39, 0.29) is 30.0 Å². The van der Waals surface area contributed by atoms with Crippen LogP contribution in [0.25, 0.3) is 16.9 Å². The lowest BCUT2D eigenvalue weighted by Gasteiger charge is -2.39. The number of halogens is 2. The summed E-state index contributed by atoms with van der Waals surface area (Å²) in [6.07, 6.45) is 0.360. The van der Waals surface area contributed by atoms with Crippen molar-refractivity contribution in [3.05, 3.63) is 36.2 Å². The van der Waals surface area contributed by atoms with Crippen molar-refractivity contribution in [1.29, 1.82) is 0 Å². The number of ether oxygens (including phenoxy) is 2. The van der Waals surface area contributed by atoms with E-state index in [4.69, 9.17) is 19.4 Å². The average molecular weight is 586 g/mol. The molecule has 1 aliphatic carbocycles. The Hall–Kier alpha value is -3.54. The molecule has 1 aliphatic heterocycles. The van der Waals surface area contributed by atoms with Crippen molar-refractivity contribution >= 4 is 28.9 Å². The van der Waals surface area contributed by atoms with Crippen molar-refractivity contribution in [2.75, 3.05) is 30.0 Å². The van der Waals surface area contributed by atoms with Crippen LogP contribution in [-0.2, 0) is 9.47 Å². The summed E-state index contributed by atoms with van der Waals surface area (Å²) in [6, 6.07) is 9.01. The number of amides is 1. The maximum atomic E-state index is 14.2. The summed E-state index contributed by atoms with van der Waals surface area (Å²) in [5.41, 5.74) is 0.503. The van der Waals surface area contributed by atoms with Crippen LogP contribution in [0.5, 0.6) is 0 Å². The second kappa shape index (κ2) is 12.4. The van der Waals surface area contributed by atoms with E-state index in [2.05, 4.69) is 34.4 Å². The van der Waals surface area contributed by atoms with Crippen molar-refractivity contribution in [2.45, 2.75) is 90.5 Å². The molecule has 0 radical (unpaired) electrons. The van der Waals surface area contributed by atoms with Crippen molar-refractivity contribution in [3.63, 3.8) is 0 Å². The zero-order chi connectivity index (χ0) is 30.0. The Morgan fingerprint density at radius 1 is 1.05 bits per heavy atom. The minimum atomic E-state index is -2.78. The first kappa shape index (κ1) is 29.9. The van der Waals surface area contributed by atoms with E-state index in [0.717, 1.165) is 25.7 Å². The zero-order valence-electron chi connectivity index (χ0n) is 24.9. The maximum absolute atomic E-state index is 14.2. The molecule has 0 unspecified atom stereocenters. The molecule has 2 fully saturated rings. The maximum Gasteiger partial charge on any atom is 0.407 e. The molecule has 3 aromatic rings. The smallest absolute Gasteiger partial charge is 0.407 e. The number of nitrogens with one attached hydrogen (secondary N) is 2. The van der Waals surface area contributed by atoms with E-state index < -0.39 is 12.0 Å². The van der Waals surface area contributed by atoms with Gasteiger partial charge in [0.25, 0.3) is 6.43 Å². The number of hydrogen-bond donors (Lipinski definition) is 2. The molecule has 1 aromatic carbocycles. The molecule has 2 aliphatic rings. The summed E-state index contributed by atoms with van der Waals surface area (Å²) in [7, 11) is 0. The number of morpholine rings is 1. The fourth-order valence-electron chi connectivity index (χ4n) is 5.86. The van der Waals surface area contributed by atoms with Crippen LogP contribution < -0.4 is 15.5 Å². The molecule has 42 heavy (non-hydrogen) atoms. The number of hydrogen-bond acceptors (Lipinski definition) is 8. The van der Waals surface area contributed by atoms with Crippen LogP contribution in [0.1, 0.15) is 72.6 Å². The number of rotatable bonds is 7. The standard InChI is InChI=1S/C30H41F2N7O3/c1-18-16-41-17-19(2)38(18)24-14-25(39-23-9-7-6-8-22(23)35-27(39)26(31)32)37-28(36-24)33-15-20-10-12-21(13-11-20)34-29(40)42-30(3,4)5/h6-9,14,18-21,26H,10-13,15-17H2,1-5H3,(H,34,40)(H,33,36,37)/t18-,19-,20?,21?/m0/s1. The van der Waals surface area contributed by atoms with Crippen LogP contribution >= 0.6 is 0 Å². The number of carbonyl (C=O) groups excluding carboxylic acids is 1. The third kappa shape index (κ3) is 6.91.